The van der Waals surface area contributed by atoms with E-state index in [0.717, 1.165) is 12.5 Å². The number of halogens is 2. The lowest BCUT2D eigenvalue weighted by Gasteiger charge is -2.22. The second-order valence-corrected chi connectivity index (χ2v) is 6.47. The van der Waals surface area contributed by atoms with Gasteiger partial charge in [0.15, 0.2) is 11.6 Å². The molecule has 2 heterocycles. The Labute approximate surface area is 159 Å². The highest BCUT2D eigenvalue weighted by atomic mass is 19.1. The van der Waals surface area contributed by atoms with Crippen LogP contribution in [0.1, 0.15) is 35.1 Å². The van der Waals surface area contributed by atoms with Gasteiger partial charge in [-0.3, -0.25) is 4.79 Å². The Morgan fingerprint density at radius 2 is 2.00 bits per heavy atom. The Bertz CT molecular complexity index is 1000. The first-order valence-corrected chi connectivity index (χ1v) is 8.81. The molecule has 1 amide bonds. The molecule has 8 heteroatoms. The van der Waals surface area contributed by atoms with Crippen molar-refractivity contribution >= 4 is 5.91 Å². The van der Waals surface area contributed by atoms with Gasteiger partial charge in [-0.2, -0.15) is 4.98 Å². The van der Waals surface area contributed by atoms with Crippen molar-refractivity contribution in [3.05, 3.63) is 65.6 Å². The highest BCUT2D eigenvalue weighted by molar-refractivity contribution is 5.94. The highest BCUT2D eigenvalue weighted by Crippen LogP contribution is 2.33. The molecule has 3 aromatic rings. The number of carbonyl (C=O) groups excluding carboxylic acids is 1. The van der Waals surface area contributed by atoms with Crippen LogP contribution in [0.5, 0.6) is 5.75 Å². The number of nitrogens with zero attached hydrogens (tertiary/aromatic N) is 3. The Balaban J connectivity index is 1.57. The topological polar surface area (TPSA) is 68.5 Å². The summed E-state index contributed by atoms with van der Waals surface area (Å²) < 4.78 is 37.3. The molecule has 0 N–H and O–H groups in total. The number of methoxy groups -OCH3 is 1. The van der Waals surface area contributed by atoms with Gasteiger partial charge in [-0.15, -0.1) is 0 Å². The summed E-state index contributed by atoms with van der Waals surface area (Å²) in [7, 11) is 1.37. The maximum absolute atomic E-state index is 14.0. The van der Waals surface area contributed by atoms with E-state index in [-0.39, 0.29) is 29.1 Å². The number of ether oxygens (including phenoxy) is 1. The number of rotatable bonds is 4. The van der Waals surface area contributed by atoms with Crippen LogP contribution in [0, 0.1) is 11.6 Å². The molecule has 28 heavy (non-hydrogen) atoms. The van der Waals surface area contributed by atoms with Crippen LogP contribution in [0.4, 0.5) is 8.78 Å². The van der Waals surface area contributed by atoms with Crippen LogP contribution in [0.2, 0.25) is 0 Å². The van der Waals surface area contributed by atoms with Crippen LogP contribution >= 0.6 is 0 Å². The van der Waals surface area contributed by atoms with Gasteiger partial charge in [0.05, 0.1) is 7.11 Å². The zero-order valence-electron chi connectivity index (χ0n) is 15.1. The Morgan fingerprint density at radius 1 is 1.21 bits per heavy atom. The summed E-state index contributed by atoms with van der Waals surface area (Å²) in [6, 6.07) is 9.46. The van der Waals surface area contributed by atoms with Crippen LogP contribution < -0.4 is 4.74 Å². The fourth-order valence-electron chi connectivity index (χ4n) is 3.32. The molecule has 4 rings (SSSR count). The molecule has 0 spiro atoms. The first-order valence-electron chi connectivity index (χ1n) is 8.81. The molecule has 0 saturated carbocycles. The van der Waals surface area contributed by atoms with Gasteiger partial charge in [-0.05, 0) is 55.3 Å². The molecule has 0 radical (unpaired) electrons. The van der Waals surface area contributed by atoms with Crippen LogP contribution in [0.15, 0.2) is 47.0 Å². The first kappa shape index (κ1) is 18.1. The lowest BCUT2D eigenvalue weighted by molar-refractivity contribution is 0.0709. The molecule has 1 saturated heterocycles. The number of hydrogen-bond acceptors (Lipinski definition) is 5. The predicted octanol–water partition coefficient (Wildman–Crippen LogP) is 4.00. The fourth-order valence-corrected chi connectivity index (χ4v) is 3.32. The number of aromatic nitrogens is 2. The van der Waals surface area contributed by atoms with Crippen molar-refractivity contribution in [2.45, 2.75) is 18.9 Å². The van der Waals surface area contributed by atoms with Crippen molar-refractivity contribution in [2.24, 2.45) is 0 Å². The lowest BCUT2D eigenvalue weighted by atomic mass is 10.1. The Morgan fingerprint density at radius 3 is 2.71 bits per heavy atom. The molecule has 1 atom stereocenters. The molecular formula is C20H17F2N3O3. The maximum Gasteiger partial charge on any atom is 0.254 e. The number of benzene rings is 2. The summed E-state index contributed by atoms with van der Waals surface area (Å²) >= 11 is 0. The molecule has 144 valence electrons. The summed E-state index contributed by atoms with van der Waals surface area (Å²) in [5, 5.41) is 3.94. The quantitative estimate of drug-likeness (QED) is 0.679. The third-order valence-electron chi connectivity index (χ3n) is 4.74. The summed E-state index contributed by atoms with van der Waals surface area (Å²) in [5.74, 6) is -0.558. The van der Waals surface area contributed by atoms with Gasteiger partial charge in [0.25, 0.3) is 5.91 Å². The minimum absolute atomic E-state index is 0.0790. The van der Waals surface area contributed by atoms with Gasteiger partial charge in [-0.1, -0.05) is 5.16 Å². The van der Waals surface area contributed by atoms with Crippen molar-refractivity contribution in [1.29, 1.82) is 0 Å². The summed E-state index contributed by atoms with van der Waals surface area (Å²) in [4.78, 5) is 18.9. The van der Waals surface area contributed by atoms with Crippen molar-refractivity contribution in [2.75, 3.05) is 13.7 Å². The third-order valence-corrected chi connectivity index (χ3v) is 4.74. The SMILES string of the molecule is COc1ccc(C(=O)N2CCCC2c2nc(-c3ccc(F)cc3)no2)cc1F. The summed E-state index contributed by atoms with van der Waals surface area (Å²) in [5.41, 5.74) is 0.841. The normalized spacial score (nSPS) is 16.4. The molecule has 1 fully saturated rings. The van der Waals surface area contributed by atoms with Crippen LogP contribution in [-0.4, -0.2) is 34.6 Å². The molecule has 1 unspecified atom stereocenters. The zero-order valence-corrected chi connectivity index (χ0v) is 15.1. The van der Waals surface area contributed by atoms with Crippen molar-refractivity contribution < 1.29 is 22.8 Å². The van der Waals surface area contributed by atoms with Crippen molar-refractivity contribution in [3.8, 4) is 17.1 Å². The predicted molar refractivity (Wildman–Crippen MR) is 95.7 cm³/mol. The second kappa shape index (κ2) is 7.38. The van der Waals surface area contributed by atoms with E-state index < -0.39 is 5.82 Å². The van der Waals surface area contributed by atoms with Gasteiger partial charge in [0.2, 0.25) is 11.7 Å². The lowest BCUT2D eigenvalue weighted by Crippen LogP contribution is -2.30. The number of carbonyl (C=O) groups is 1. The van der Waals surface area contributed by atoms with E-state index in [0.29, 0.717) is 30.2 Å². The van der Waals surface area contributed by atoms with E-state index >= 15 is 0 Å². The van der Waals surface area contributed by atoms with E-state index in [1.54, 1.807) is 17.0 Å². The van der Waals surface area contributed by atoms with E-state index in [4.69, 9.17) is 9.26 Å². The minimum Gasteiger partial charge on any atom is -0.494 e. The van der Waals surface area contributed by atoms with E-state index in [1.165, 1.54) is 31.4 Å². The molecular weight excluding hydrogens is 368 g/mol. The molecule has 1 aliphatic heterocycles. The van der Waals surface area contributed by atoms with Gasteiger partial charge in [0, 0.05) is 17.7 Å². The first-order chi connectivity index (χ1) is 13.6. The standard InChI is InChI=1S/C20H17F2N3O3/c1-27-17-9-6-13(11-15(17)22)20(26)25-10-2-3-16(25)19-23-18(24-28-19)12-4-7-14(21)8-5-12/h4-9,11,16H,2-3,10H2,1H3. The Hall–Kier alpha value is -3.29. The Kier molecular flexibility index (Phi) is 4.77. The number of amides is 1. The van der Waals surface area contributed by atoms with E-state index in [2.05, 4.69) is 10.1 Å². The average molecular weight is 385 g/mol. The van der Waals surface area contributed by atoms with Crippen molar-refractivity contribution in [3.63, 3.8) is 0 Å². The summed E-state index contributed by atoms with van der Waals surface area (Å²) in [6.45, 7) is 0.505. The van der Waals surface area contributed by atoms with E-state index in [9.17, 15) is 13.6 Å². The van der Waals surface area contributed by atoms with Crippen LogP contribution in [0.3, 0.4) is 0 Å². The minimum atomic E-state index is -0.597. The third kappa shape index (κ3) is 3.33. The van der Waals surface area contributed by atoms with Gasteiger partial charge in [0.1, 0.15) is 11.9 Å². The molecule has 2 aromatic carbocycles. The van der Waals surface area contributed by atoms with E-state index in [1.807, 2.05) is 0 Å². The number of hydrogen-bond donors (Lipinski definition) is 0. The smallest absolute Gasteiger partial charge is 0.254 e. The second-order valence-electron chi connectivity index (χ2n) is 6.47. The molecule has 0 aliphatic carbocycles. The van der Waals surface area contributed by atoms with Gasteiger partial charge in [-0.25, -0.2) is 8.78 Å². The zero-order chi connectivity index (χ0) is 19.7. The van der Waals surface area contributed by atoms with Crippen LogP contribution in [-0.2, 0) is 0 Å². The highest BCUT2D eigenvalue weighted by Gasteiger charge is 2.35. The van der Waals surface area contributed by atoms with Gasteiger partial charge >= 0.3 is 0 Å². The van der Waals surface area contributed by atoms with Gasteiger partial charge < -0.3 is 14.2 Å². The molecule has 6 nitrogen and oxygen atoms in total. The fraction of sp³-hybridized carbons (Fsp3) is 0.250. The largest absolute Gasteiger partial charge is 0.494 e. The average Bonchev–Trinajstić information content (AvgIpc) is 3.37. The number of likely N-dealkylation sites (tertiary alicyclic amines) is 1. The monoisotopic (exact) mass is 385 g/mol. The summed E-state index contributed by atoms with van der Waals surface area (Å²) in [6.07, 6.45) is 1.43. The molecule has 1 aliphatic rings. The van der Waals surface area contributed by atoms with Crippen LogP contribution in [0.25, 0.3) is 11.4 Å². The van der Waals surface area contributed by atoms with Crippen molar-refractivity contribution in [1.82, 2.24) is 15.0 Å². The molecule has 0 bridgehead atoms. The maximum atomic E-state index is 14.0. The molecule has 1 aromatic heterocycles.